The molecule has 0 amide bonds. The highest BCUT2D eigenvalue weighted by molar-refractivity contribution is 6.05. The molecule has 7 nitrogen and oxygen atoms in total. The van der Waals surface area contributed by atoms with Crippen molar-refractivity contribution in [2.45, 2.75) is 136 Å². The number of hydrogen-bond donors (Lipinski definition) is 2. The molecule has 0 aromatic heterocycles. The molecular formula is C27H45N3O4. The minimum atomic E-state index is -0.562. The highest BCUT2D eigenvalue weighted by Crippen LogP contribution is 2.34. The molecular weight excluding hydrogens is 430 g/mol. The van der Waals surface area contributed by atoms with E-state index in [-0.39, 0.29) is 52.7 Å². The van der Waals surface area contributed by atoms with Gasteiger partial charge in [-0.15, -0.1) is 0 Å². The van der Waals surface area contributed by atoms with E-state index in [1.54, 1.807) is 0 Å². The maximum atomic E-state index is 13.2. The molecule has 1 unspecified atom stereocenters. The molecule has 2 N–H and O–H groups in total. The molecule has 3 rings (SSSR count). The number of allylic oxidation sites excluding steroid dienone is 1. The summed E-state index contributed by atoms with van der Waals surface area (Å²) in [6.45, 7) is 20.7. The van der Waals surface area contributed by atoms with Crippen LogP contribution in [-0.2, 0) is 19.1 Å². The van der Waals surface area contributed by atoms with Gasteiger partial charge >= 0.3 is 11.9 Å². The van der Waals surface area contributed by atoms with Crippen LogP contribution < -0.4 is 10.6 Å². The van der Waals surface area contributed by atoms with Crippen LogP contribution in [0.15, 0.2) is 16.3 Å². The number of esters is 2. The van der Waals surface area contributed by atoms with Crippen molar-refractivity contribution in [3.05, 3.63) is 11.3 Å². The van der Waals surface area contributed by atoms with Crippen molar-refractivity contribution in [3.8, 4) is 0 Å². The molecule has 0 aromatic carbocycles. The molecule has 2 saturated heterocycles. The maximum Gasteiger partial charge on any atom is 0.336 e. The number of aliphatic imine (C=N–C) groups is 1. The van der Waals surface area contributed by atoms with Gasteiger partial charge in [0.15, 0.2) is 0 Å². The van der Waals surface area contributed by atoms with Gasteiger partial charge in [-0.25, -0.2) is 4.79 Å². The lowest BCUT2D eigenvalue weighted by molar-refractivity contribution is -0.155. The number of nitrogens with one attached hydrogen (secondary N) is 2. The van der Waals surface area contributed by atoms with E-state index in [0.717, 1.165) is 25.7 Å². The lowest BCUT2D eigenvalue weighted by atomic mass is 9.81. The summed E-state index contributed by atoms with van der Waals surface area (Å²) in [4.78, 5) is 31.0. The average Bonchev–Trinajstić information content (AvgIpc) is 2.55. The molecule has 0 spiro atoms. The van der Waals surface area contributed by atoms with Gasteiger partial charge in [0, 0.05) is 59.2 Å². The molecule has 0 aliphatic carbocycles. The van der Waals surface area contributed by atoms with Crippen LogP contribution >= 0.6 is 0 Å². The molecule has 7 heteroatoms. The predicted molar refractivity (Wildman–Crippen MR) is 135 cm³/mol. The molecule has 1 atom stereocenters. The topological polar surface area (TPSA) is 89.0 Å². The van der Waals surface area contributed by atoms with Crippen molar-refractivity contribution in [2.75, 3.05) is 0 Å². The Balaban J connectivity index is 1.69. The number of carbonyl (C=O) groups is 2. The number of piperidine rings is 2. The van der Waals surface area contributed by atoms with Gasteiger partial charge in [-0.05, 0) is 75.7 Å². The summed E-state index contributed by atoms with van der Waals surface area (Å²) < 4.78 is 12.0. The first-order valence-corrected chi connectivity index (χ1v) is 12.6. The van der Waals surface area contributed by atoms with Crippen LogP contribution in [0.5, 0.6) is 0 Å². The van der Waals surface area contributed by atoms with E-state index in [4.69, 9.17) is 9.47 Å². The number of ether oxygens (including phenoxy) is 2. The lowest BCUT2D eigenvalue weighted by Crippen LogP contribution is -2.60. The fraction of sp³-hybridized carbons (Fsp3) is 0.815. The molecule has 2 fully saturated rings. The van der Waals surface area contributed by atoms with Crippen LogP contribution in [0, 0.1) is 5.92 Å². The molecule has 0 saturated carbocycles. The Morgan fingerprint density at radius 1 is 0.765 bits per heavy atom. The highest BCUT2D eigenvalue weighted by Gasteiger charge is 2.42. The van der Waals surface area contributed by atoms with E-state index in [0.29, 0.717) is 17.0 Å². The Kier molecular flexibility index (Phi) is 7.15. The first kappa shape index (κ1) is 26.9. The summed E-state index contributed by atoms with van der Waals surface area (Å²) in [6.07, 6.45) is 2.89. The molecule has 0 radical (unpaired) electrons. The Labute approximate surface area is 205 Å². The predicted octanol–water partition coefficient (Wildman–Crippen LogP) is 4.45. The monoisotopic (exact) mass is 475 g/mol. The largest absolute Gasteiger partial charge is 0.462 e. The molecule has 3 heterocycles. The van der Waals surface area contributed by atoms with Crippen molar-refractivity contribution >= 4 is 17.7 Å². The fourth-order valence-corrected chi connectivity index (χ4v) is 6.49. The van der Waals surface area contributed by atoms with E-state index >= 15 is 0 Å². The summed E-state index contributed by atoms with van der Waals surface area (Å²) in [6, 6.07) is 0. The summed E-state index contributed by atoms with van der Waals surface area (Å²) in [5, 5.41) is 7.22. The van der Waals surface area contributed by atoms with Gasteiger partial charge in [0.1, 0.15) is 12.2 Å². The Morgan fingerprint density at radius 2 is 1.18 bits per heavy atom. The van der Waals surface area contributed by atoms with Gasteiger partial charge in [-0.2, -0.15) is 0 Å². The van der Waals surface area contributed by atoms with Gasteiger partial charge in [0.2, 0.25) is 0 Å². The lowest BCUT2D eigenvalue weighted by Gasteiger charge is -2.46. The number of nitrogens with zero attached hydrogens (tertiary/aromatic N) is 1. The zero-order valence-electron chi connectivity index (χ0n) is 22.8. The standard InChI is InChI=1S/C27H45N3O4/c1-16-20(22(31)33-18-12-24(3,4)29-25(5,6)13-18)11-21(17(2)28-16)23(32)34-19-14-26(7,8)30-27(9,10)15-19/h18-20,29-30H,11-15H2,1-10H3. The Bertz CT molecular complexity index is 866. The highest BCUT2D eigenvalue weighted by atomic mass is 16.5. The average molecular weight is 476 g/mol. The van der Waals surface area contributed by atoms with E-state index in [1.165, 1.54) is 0 Å². The van der Waals surface area contributed by atoms with Gasteiger partial charge in [-0.3, -0.25) is 9.79 Å². The van der Waals surface area contributed by atoms with Crippen LogP contribution in [-0.4, -0.2) is 52.0 Å². The number of rotatable bonds is 4. The second-order valence-electron chi connectivity index (χ2n) is 13.3. The Hall–Kier alpha value is -1.73. The zero-order valence-corrected chi connectivity index (χ0v) is 22.8. The molecule has 0 bridgehead atoms. The van der Waals surface area contributed by atoms with E-state index in [2.05, 4.69) is 71.0 Å². The van der Waals surface area contributed by atoms with E-state index in [1.807, 2.05) is 13.8 Å². The number of carbonyl (C=O) groups excluding carboxylic acids is 2. The third kappa shape index (κ3) is 6.69. The van der Waals surface area contributed by atoms with Crippen molar-refractivity contribution in [3.63, 3.8) is 0 Å². The smallest absolute Gasteiger partial charge is 0.336 e. The minimum Gasteiger partial charge on any atom is -0.462 e. The first-order valence-electron chi connectivity index (χ1n) is 12.6. The second-order valence-corrected chi connectivity index (χ2v) is 13.3. The SMILES string of the molecule is CC1=NC(C)=C(C(=O)OC2CC(C)(C)NC(C)(C)C2)CC1C(=O)OC1CC(C)(C)NC(C)(C)C1. The first-order chi connectivity index (χ1) is 15.4. The zero-order chi connectivity index (χ0) is 25.7. The fourth-order valence-electron chi connectivity index (χ4n) is 6.49. The van der Waals surface area contributed by atoms with Crippen LogP contribution in [0.4, 0.5) is 0 Å². The maximum absolute atomic E-state index is 13.2. The van der Waals surface area contributed by atoms with Crippen molar-refractivity contribution < 1.29 is 19.1 Å². The van der Waals surface area contributed by atoms with Gasteiger partial charge in [-0.1, -0.05) is 0 Å². The summed E-state index contributed by atoms with van der Waals surface area (Å²) >= 11 is 0. The van der Waals surface area contributed by atoms with E-state index in [9.17, 15) is 9.59 Å². The molecule has 0 aromatic rings. The van der Waals surface area contributed by atoms with E-state index < -0.39 is 5.92 Å². The van der Waals surface area contributed by atoms with Gasteiger partial charge in [0.25, 0.3) is 0 Å². The van der Waals surface area contributed by atoms with Crippen LogP contribution in [0.25, 0.3) is 0 Å². The molecule has 34 heavy (non-hydrogen) atoms. The van der Waals surface area contributed by atoms with Crippen molar-refractivity contribution in [1.29, 1.82) is 0 Å². The Morgan fingerprint density at radius 3 is 1.62 bits per heavy atom. The number of hydrogen-bond acceptors (Lipinski definition) is 7. The summed E-state index contributed by atoms with van der Waals surface area (Å²) in [5.74, 6) is -1.23. The van der Waals surface area contributed by atoms with Crippen molar-refractivity contribution in [2.24, 2.45) is 10.9 Å². The minimum absolute atomic E-state index is 0.121. The quantitative estimate of drug-likeness (QED) is 0.584. The second kappa shape index (κ2) is 9.05. The van der Waals surface area contributed by atoms with Crippen LogP contribution in [0.3, 0.4) is 0 Å². The third-order valence-corrected chi connectivity index (χ3v) is 7.09. The summed E-state index contributed by atoms with van der Waals surface area (Å²) in [7, 11) is 0. The summed E-state index contributed by atoms with van der Waals surface area (Å²) in [5.41, 5.74) is 1.31. The van der Waals surface area contributed by atoms with Crippen LogP contribution in [0.1, 0.15) is 101 Å². The van der Waals surface area contributed by atoms with Crippen molar-refractivity contribution in [1.82, 2.24) is 10.6 Å². The van der Waals surface area contributed by atoms with Gasteiger partial charge in [0.05, 0.1) is 11.5 Å². The molecule has 3 aliphatic heterocycles. The normalized spacial score (nSPS) is 28.8. The molecule has 3 aliphatic rings. The van der Waals surface area contributed by atoms with Gasteiger partial charge < -0.3 is 20.1 Å². The molecule has 192 valence electrons. The van der Waals surface area contributed by atoms with Crippen LogP contribution in [0.2, 0.25) is 0 Å². The third-order valence-electron chi connectivity index (χ3n) is 7.09.